The Kier molecular flexibility index (Phi) is 6.19. The Balaban J connectivity index is 1.73. The molecule has 0 aliphatic carbocycles. The van der Waals surface area contributed by atoms with Crippen LogP contribution in [0.15, 0.2) is 30.7 Å². The molecule has 0 spiro atoms. The van der Waals surface area contributed by atoms with Gasteiger partial charge in [-0.05, 0) is 44.0 Å². The van der Waals surface area contributed by atoms with Crippen molar-refractivity contribution in [2.75, 3.05) is 0 Å². The maximum absolute atomic E-state index is 12.7. The summed E-state index contributed by atoms with van der Waals surface area (Å²) in [4.78, 5) is 44.2. The molecule has 2 heterocycles. The van der Waals surface area contributed by atoms with E-state index in [1.807, 2.05) is 0 Å². The number of nitrogens with one attached hydrogen (secondary N) is 2. The first-order chi connectivity index (χ1) is 13.7. The van der Waals surface area contributed by atoms with Gasteiger partial charge in [-0.15, -0.1) is 0 Å². The predicted octanol–water partition coefficient (Wildman–Crippen LogP) is 2.90. The fourth-order valence-corrected chi connectivity index (χ4v) is 4.02. The molecule has 0 saturated carbocycles. The molecule has 0 radical (unpaired) electrons. The lowest BCUT2D eigenvalue weighted by molar-refractivity contribution is -0.134. The quantitative estimate of drug-likeness (QED) is 0.704. The molecule has 1 unspecified atom stereocenters. The molecule has 1 saturated heterocycles. The third-order valence-corrected chi connectivity index (χ3v) is 5.59. The van der Waals surface area contributed by atoms with E-state index >= 15 is 0 Å². The summed E-state index contributed by atoms with van der Waals surface area (Å²) in [6.07, 6.45) is 3.58. The second kappa shape index (κ2) is 8.47. The number of aromatic nitrogens is 2. The first-order valence-corrected chi connectivity index (χ1v) is 9.82. The van der Waals surface area contributed by atoms with Crippen LogP contribution in [0, 0.1) is 0 Å². The molecule has 2 aromatic rings. The second-order valence-electron chi connectivity index (χ2n) is 7.38. The molecule has 1 aromatic carbocycles. The first kappa shape index (κ1) is 21.2. The van der Waals surface area contributed by atoms with Gasteiger partial charge in [0, 0.05) is 34.8 Å². The molecule has 0 bridgehead atoms. The zero-order valence-electron chi connectivity index (χ0n) is 16.0. The number of hydrogen-bond acceptors (Lipinski definition) is 5. The standard InChI is InChI=1S/C20H20Cl2N4O3/c1-20(2,15-5-6-23-10-25-15)19(29)24-9-11-7-13(21)17(14(22)8-11)12-3-4-16(27)26-18(12)28/h5-8,10,12H,3-4,9H2,1-2H3,(H,24,29)(H,26,27,28). The van der Waals surface area contributed by atoms with Gasteiger partial charge >= 0.3 is 0 Å². The Morgan fingerprint density at radius 1 is 1.28 bits per heavy atom. The van der Waals surface area contributed by atoms with Crippen molar-refractivity contribution in [3.8, 4) is 0 Å². The van der Waals surface area contributed by atoms with Crippen LogP contribution in [0.25, 0.3) is 0 Å². The summed E-state index contributed by atoms with van der Waals surface area (Å²) in [6, 6.07) is 5.04. The van der Waals surface area contributed by atoms with Crippen molar-refractivity contribution in [2.24, 2.45) is 0 Å². The van der Waals surface area contributed by atoms with Crippen LogP contribution in [0.4, 0.5) is 0 Å². The molecule has 1 aliphatic heterocycles. The molecule has 152 valence electrons. The average molecular weight is 435 g/mol. The highest BCUT2D eigenvalue weighted by molar-refractivity contribution is 6.36. The molecule has 1 atom stereocenters. The Hall–Kier alpha value is -2.51. The highest BCUT2D eigenvalue weighted by Crippen LogP contribution is 2.37. The van der Waals surface area contributed by atoms with E-state index in [0.29, 0.717) is 33.3 Å². The number of hydrogen-bond donors (Lipinski definition) is 2. The Bertz CT molecular complexity index is 940. The highest BCUT2D eigenvalue weighted by atomic mass is 35.5. The molecule has 1 fully saturated rings. The zero-order chi connectivity index (χ0) is 21.2. The van der Waals surface area contributed by atoms with Crippen LogP contribution in [0.1, 0.15) is 49.4 Å². The van der Waals surface area contributed by atoms with Crippen LogP contribution >= 0.6 is 23.2 Å². The van der Waals surface area contributed by atoms with Gasteiger partial charge in [0.05, 0.1) is 17.0 Å². The molecule has 9 heteroatoms. The van der Waals surface area contributed by atoms with Gasteiger partial charge in [0.25, 0.3) is 0 Å². The third kappa shape index (κ3) is 4.57. The van der Waals surface area contributed by atoms with Gasteiger partial charge in [-0.1, -0.05) is 23.2 Å². The summed E-state index contributed by atoms with van der Waals surface area (Å²) < 4.78 is 0. The van der Waals surface area contributed by atoms with Crippen molar-refractivity contribution in [2.45, 2.75) is 44.6 Å². The fraction of sp³-hybridized carbons (Fsp3) is 0.350. The molecule has 1 aliphatic rings. The largest absolute Gasteiger partial charge is 0.351 e. The van der Waals surface area contributed by atoms with E-state index in [9.17, 15) is 14.4 Å². The highest BCUT2D eigenvalue weighted by Gasteiger charge is 2.32. The van der Waals surface area contributed by atoms with E-state index in [4.69, 9.17) is 23.2 Å². The monoisotopic (exact) mass is 434 g/mol. The maximum Gasteiger partial charge on any atom is 0.234 e. The normalized spacial score (nSPS) is 17.0. The SMILES string of the molecule is CC(C)(C(=O)NCc1cc(Cl)c(C2CCC(=O)NC2=O)c(Cl)c1)c1ccncn1. The van der Waals surface area contributed by atoms with E-state index in [0.717, 1.165) is 0 Å². The summed E-state index contributed by atoms with van der Waals surface area (Å²) >= 11 is 12.8. The Morgan fingerprint density at radius 3 is 2.55 bits per heavy atom. The van der Waals surface area contributed by atoms with E-state index in [2.05, 4.69) is 20.6 Å². The number of benzene rings is 1. The molecule has 3 amide bonds. The van der Waals surface area contributed by atoms with Crippen molar-refractivity contribution in [1.29, 1.82) is 0 Å². The molecular weight excluding hydrogens is 415 g/mol. The molecule has 29 heavy (non-hydrogen) atoms. The van der Waals surface area contributed by atoms with Crippen molar-refractivity contribution in [3.05, 3.63) is 57.6 Å². The molecular formula is C20H20Cl2N4O3. The van der Waals surface area contributed by atoms with Gasteiger partial charge < -0.3 is 5.32 Å². The summed E-state index contributed by atoms with van der Waals surface area (Å²) in [5.41, 5.74) is 0.954. The van der Waals surface area contributed by atoms with Gasteiger partial charge in [0.2, 0.25) is 17.7 Å². The van der Waals surface area contributed by atoms with Crippen LogP contribution in [0.2, 0.25) is 10.0 Å². The fourth-order valence-electron chi connectivity index (χ4n) is 3.22. The summed E-state index contributed by atoms with van der Waals surface area (Å²) in [7, 11) is 0. The van der Waals surface area contributed by atoms with E-state index in [1.54, 1.807) is 38.2 Å². The van der Waals surface area contributed by atoms with Crippen LogP contribution in [0.5, 0.6) is 0 Å². The molecule has 7 nitrogen and oxygen atoms in total. The number of halogens is 2. The van der Waals surface area contributed by atoms with Gasteiger partial charge in [-0.2, -0.15) is 0 Å². The topological polar surface area (TPSA) is 101 Å². The summed E-state index contributed by atoms with van der Waals surface area (Å²) in [6.45, 7) is 3.76. The number of amides is 3. The summed E-state index contributed by atoms with van der Waals surface area (Å²) in [5, 5.41) is 5.82. The number of imide groups is 1. The van der Waals surface area contributed by atoms with E-state index in [1.165, 1.54) is 6.33 Å². The van der Waals surface area contributed by atoms with E-state index in [-0.39, 0.29) is 24.8 Å². The number of carbonyl (C=O) groups is 3. The first-order valence-electron chi connectivity index (χ1n) is 9.06. The lowest BCUT2D eigenvalue weighted by Gasteiger charge is -2.24. The number of rotatable bonds is 5. The van der Waals surface area contributed by atoms with Gasteiger partial charge in [-0.3, -0.25) is 19.7 Å². The number of carbonyl (C=O) groups excluding carboxylic acids is 3. The van der Waals surface area contributed by atoms with Gasteiger partial charge in [-0.25, -0.2) is 9.97 Å². The minimum atomic E-state index is -0.844. The van der Waals surface area contributed by atoms with Crippen molar-refractivity contribution in [1.82, 2.24) is 20.6 Å². The van der Waals surface area contributed by atoms with Crippen LogP contribution < -0.4 is 10.6 Å². The van der Waals surface area contributed by atoms with Crippen LogP contribution in [-0.2, 0) is 26.3 Å². The second-order valence-corrected chi connectivity index (χ2v) is 8.19. The number of nitrogens with zero attached hydrogens (tertiary/aromatic N) is 2. The lowest BCUT2D eigenvalue weighted by atomic mass is 9.87. The van der Waals surface area contributed by atoms with Crippen molar-refractivity contribution < 1.29 is 14.4 Å². The van der Waals surface area contributed by atoms with Gasteiger partial charge in [0.1, 0.15) is 6.33 Å². The van der Waals surface area contributed by atoms with E-state index < -0.39 is 17.2 Å². The predicted molar refractivity (Wildman–Crippen MR) is 108 cm³/mol. The lowest BCUT2D eigenvalue weighted by Crippen LogP contribution is -2.40. The Labute approximate surface area is 178 Å². The van der Waals surface area contributed by atoms with Crippen molar-refractivity contribution >= 4 is 40.9 Å². The summed E-state index contributed by atoms with van der Waals surface area (Å²) in [5.74, 6) is -1.49. The van der Waals surface area contributed by atoms with Gasteiger partial charge in [0.15, 0.2) is 0 Å². The average Bonchev–Trinajstić information content (AvgIpc) is 2.67. The minimum absolute atomic E-state index is 0.210. The number of piperidine rings is 1. The molecule has 3 rings (SSSR count). The minimum Gasteiger partial charge on any atom is -0.351 e. The molecule has 2 N–H and O–H groups in total. The molecule has 1 aromatic heterocycles. The Morgan fingerprint density at radius 2 is 1.97 bits per heavy atom. The van der Waals surface area contributed by atoms with Crippen molar-refractivity contribution in [3.63, 3.8) is 0 Å². The third-order valence-electron chi connectivity index (χ3n) is 4.97. The van der Waals surface area contributed by atoms with Crippen LogP contribution in [0.3, 0.4) is 0 Å². The van der Waals surface area contributed by atoms with Crippen LogP contribution in [-0.4, -0.2) is 27.7 Å². The maximum atomic E-state index is 12.7. The zero-order valence-corrected chi connectivity index (χ0v) is 17.5. The smallest absolute Gasteiger partial charge is 0.234 e.